The van der Waals surface area contributed by atoms with Crippen molar-refractivity contribution in [3.8, 4) is 5.75 Å². The Morgan fingerprint density at radius 2 is 2.11 bits per heavy atom. The van der Waals surface area contributed by atoms with E-state index in [0.717, 1.165) is 22.7 Å². The summed E-state index contributed by atoms with van der Waals surface area (Å²) < 4.78 is 7.42. The van der Waals surface area contributed by atoms with Crippen LogP contribution in [0.2, 0.25) is 0 Å². The van der Waals surface area contributed by atoms with E-state index in [1.165, 1.54) is 0 Å². The number of hydrogen-bond donors (Lipinski definition) is 1. The molecule has 0 aliphatic carbocycles. The lowest BCUT2D eigenvalue weighted by Gasteiger charge is -2.06. The van der Waals surface area contributed by atoms with Gasteiger partial charge in [0.2, 0.25) is 6.41 Å². The smallest absolute Gasteiger partial charge is 0.211 e. The van der Waals surface area contributed by atoms with Crippen LogP contribution in [0.3, 0.4) is 0 Å². The van der Waals surface area contributed by atoms with Gasteiger partial charge in [-0.15, -0.1) is 0 Å². The Bertz CT molecular complexity index is 532. The zero-order valence-electron chi connectivity index (χ0n) is 10.4. The summed E-state index contributed by atoms with van der Waals surface area (Å²) in [6.07, 6.45) is 2.59. The number of ether oxygens (including phenoxy) is 1. The summed E-state index contributed by atoms with van der Waals surface area (Å²) >= 11 is 0. The summed E-state index contributed by atoms with van der Waals surface area (Å²) in [6, 6.07) is 7.22. The topological polar surface area (TPSA) is 56.1 Å². The number of rotatable bonds is 5. The molecule has 0 aliphatic rings. The minimum Gasteiger partial charge on any atom is -0.489 e. The number of benzene rings is 1. The Kier molecular flexibility index (Phi) is 3.62. The van der Waals surface area contributed by atoms with Gasteiger partial charge >= 0.3 is 0 Å². The molecule has 5 nitrogen and oxygen atoms in total. The van der Waals surface area contributed by atoms with Crippen LogP contribution in [-0.4, -0.2) is 16.2 Å². The predicted molar refractivity (Wildman–Crippen MR) is 68.4 cm³/mol. The van der Waals surface area contributed by atoms with Gasteiger partial charge in [-0.25, -0.2) is 0 Å². The lowest BCUT2D eigenvalue weighted by molar-refractivity contribution is -0.105. The summed E-state index contributed by atoms with van der Waals surface area (Å²) in [5.74, 6) is 0.759. The summed E-state index contributed by atoms with van der Waals surface area (Å²) in [6.45, 7) is 2.44. The number of carbonyl (C=O) groups is 1. The molecule has 0 aliphatic heterocycles. The Hall–Kier alpha value is -2.30. The zero-order valence-corrected chi connectivity index (χ0v) is 10.4. The maximum atomic E-state index is 10.3. The highest BCUT2D eigenvalue weighted by Crippen LogP contribution is 2.17. The Labute approximate surface area is 105 Å². The maximum absolute atomic E-state index is 10.3. The van der Waals surface area contributed by atoms with E-state index in [-0.39, 0.29) is 0 Å². The molecule has 0 fully saturated rings. The fraction of sp³-hybridized carbons (Fsp3) is 0.231. The lowest BCUT2D eigenvalue weighted by atomic mass is 10.3. The summed E-state index contributed by atoms with van der Waals surface area (Å²) in [7, 11) is 1.89. The van der Waals surface area contributed by atoms with Gasteiger partial charge in [-0.05, 0) is 31.2 Å². The molecule has 94 valence electrons. The highest BCUT2D eigenvalue weighted by atomic mass is 16.5. The molecule has 18 heavy (non-hydrogen) atoms. The van der Waals surface area contributed by atoms with Gasteiger partial charge in [0.05, 0.1) is 5.69 Å². The number of hydrogen-bond acceptors (Lipinski definition) is 3. The van der Waals surface area contributed by atoms with Crippen LogP contribution in [0.15, 0.2) is 30.5 Å². The van der Waals surface area contributed by atoms with Crippen molar-refractivity contribution < 1.29 is 9.53 Å². The molecule has 1 aromatic carbocycles. The first-order valence-corrected chi connectivity index (χ1v) is 5.61. The molecule has 0 bridgehead atoms. The Morgan fingerprint density at radius 1 is 1.39 bits per heavy atom. The monoisotopic (exact) mass is 245 g/mol. The van der Waals surface area contributed by atoms with Gasteiger partial charge < -0.3 is 10.1 Å². The molecule has 1 aromatic heterocycles. The molecule has 1 heterocycles. The first-order valence-electron chi connectivity index (χ1n) is 5.61. The van der Waals surface area contributed by atoms with E-state index in [2.05, 4.69) is 10.4 Å². The van der Waals surface area contributed by atoms with Crippen LogP contribution in [0.1, 0.15) is 11.3 Å². The van der Waals surface area contributed by atoms with Gasteiger partial charge in [-0.1, -0.05) is 0 Å². The summed E-state index contributed by atoms with van der Waals surface area (Å²) in [4.78, 5) is 10.3. The molecule has 0 saturated carbocycles. The standard InChI is InChI=1S/C13H15N3O2/c1-10-11(7-16(2)15-10)8-18-13-5-3-12(4-6-13)14-9-17/h3-7,9H,8H2,1-2H3,(H,14,17). The molecule has 0 atom stereocenters. The van der Waals surface area contributed by atoms with E-state index in [9.17, 15) is 4.79 Å². The molecule has 1 N–H and O–H groups in total. The maximum Gasteiger partial charge on any atom is 0.211 e. The van der Waals surface area contributed by atoms with Crippen molar-refractivity contribution in [2.45, 2.75) is 13.5 Å². The Morgan fingerprint density at radius 3 is 2.67 bits per heavy atom. The van der Waals surface area contributed by atoms with Crippen LogP contribution in [0, 0.1) is 6.92 Å². The van der Waals surface area contributed by atoms with Gasteiger partial charge in [0.15, 0.2) is 0 Å². The summed E-state index contributed by atoms with van der Waals surface area (Å²) in [5.41, 5.74) is 2.78. The van der Waals surface area contributed by atoms with Gasteiger partial charge in [0.1, 0.15) is 12.4 Å². The first kappa shape index (κ1) is 12.2. The van der Waals surface area contributed by atoms with E-state index in [1.54, 1.807) is 16.8 Å². The van der Waals surface area contributed by atoms with Crippen LogP contribution in [0.25, 0.3) is 0 Å². The second-order valence-corrected chi connectivity index (χ2v) is 3.99. The van der Waals surface area contributed by atoms with Crippen LogP contribution < -0.4 is 10.1 Å². The number of carbonyl (C=O) groups excluding carboxylic acids is 1. The van der Waals surface area contributed by atoms with E-state index in [4.69, 9.17) is 4.74 Å². The fourth-order valence-electron chi connectivity index (χ4n) is 1.67. The van der Waals surface area contributed by atoms with Crippen molar-refractivity contribution in [3.05, 3.63) is 41.7 Å². The van der Waals surface area contributed by atoms with Crippen molar-refractivity contribution in [1.82, 2.24) is 9.78 Å². The largest absolute Gasteiger partial charge is 0.489 e. The molecule has 2 rings (SSSR count). The van der Waals surface area contributed by atoms with Crippen LogP contribution in [0.4, 0.5) is 5.69 Å². The lowest BCUT2D eigenvalue weighted by Crippen LogP contribution is -1.97. The molecule has 0 saturated heterocycles. The number of aromatic nitrogens is 2. The first-order chi connectivity index (χ1) is 8.69. The molecule has 0 unspecified atom stereocenters. The van der Waals surface area contributed by atoms with Crippen LogP contribution >= 0.6 is 0 Å². The van der Waals surface area contributed by atoms with Crippen molar-refractivity contribution >= 4 is 12.1 Å². The predicted octanol–water partition coefficient (Wildman–Crippen LogP) is 1.88. The molecule has 0 spiro atoms. The minimum absolute atomic E-state index is 0.486. The SMILES string of the molecule is Cc1nn(C)cc1COc1ccc(NC=O)cc1. The third kappa shape index (κ3) is 2.88. The van der Waals surface area contributed by atoms with E-state index < -0.39 is 0 Å². The van der Waals surface area contributed by atoms with Crippen LogP contribution in [0.5, 0.6) is 5.75 Å². The fourth-order valence-corrected chi connectivity index (χ4v) is 1.67. The van der Waals surface area contributed by atoms with E-state index in [1.807, 2.05) is 32.3 Å². The Balaban J connectivity index is 1.97. The second kappa shape index (κ2) is 5.35. The van der Waals surface area contributed by atoms with E-state index >= 15 is 0 Å². The third-order valence-corrected chi connectivity index (χ3v) is 2.59. The van der Waals surface area contributed by atoms with Gasteiger partial charge in [-0.3, -0.25) is 9.48 Å². The normalized spacial score (nSPS) is 10.1. The zero-order chi connectivity index (χ0) is 13.0. The third-order valence-electron chi connectivity index (χ3n) is 2.59. The van der Waals surface area contributed by atoms with Crippen molar-refractivity contribution in [1.29, 1.82) is 0 Å². The van der Waals surface area contributed by atoms with Gasteiger partial charge in [-0.2, -0.15) is 5.10 Å². The van der Waals surface area contributed by atoms with Crippen molar-refractivity contribution in [3.63, 3.8) is 0 Å². The number of amides is 1. The van der Waals surface area contributed by atoms with Crippen molar-refractivity contribution in [2.75, 3.05) is 5.32 Å². The molecule has 5 heteroatoms. The molecule has 0 radical (unpaired) electrons. The number of nitrogens with one attached hydrogen (secondary N) is 1. The summed E-state index contributed by atoms with van der Waals surface area (Å²) in [5, 5.41) is 6.82. The quantitative estimate of drug-likeness (QED) is 0.818. The number of nitrogens with zero attached hydrogens (tertiary/aromatic N) is 2. The molecular weight excluding hydrogens is 230 g/mol. The molecule has 1 amide bonds. The van der Waals surface area contributed by atoms with Crippen molar-refractivity contribution in [2.24, 2.45) is 7.05 Å². The van der Waals surface area contributed by atoms with Gasteiger partial charge in [0.25, 0.3) is 0 Å². The average Bonchev–Trinajstić information content (AvgIpc) is 2.67. The van der Waals surface area contributed by atoms with Crippen LogP contribution in [-0.2, 0) is 18.4 Å². The number of aryl methyl sites for hydroxylation is 2. The van der Waals surface area contributed by atoms with Gasteiger partial charge in [0, 0.05) is 24.5 Å². The highest BCUT2D eigenvalue weighted by molar-refractivity contribution is 5.71. The molecular formula is C13H15N3O2. The highest BCUT2D eigenvalue weighted by Gasteiger charge is 2.03. The molecule has 2 aromatic rings. The number of anilines is 1. The average molecular weight is 245 g/mol. The second-order valence-electron chi connectivity index (χ2n) is 3.99. The minimum atomic E-state index is 0.486. The van der Waals surface area contributed by atoms with E-state index in [0.29, 0.717) is 13.0 Å².